The third-order valence-electron chi connectivity index (χ3n) is 1.70. The van der Waals surface area contributed by atoms with Crippen molar-refractivity contribution in [3.05, 3.63) is 12.5 Å². The lowest BCUT2D eigenvalue weighted by Gasteiger charge is -2.21. The molecule has 0 spiro atoms. The lowest BCUT2D eigenvalue weighted by atomic mass is 10.2. The molecule has 4 nitrogen and oxygen atoms in total. The van der Waals surface area contributed by atoms with Crippen LogP contribution in [0.5, 0.6) is 0 Å². The highest BCUT2D eigenvalue weighted by Crippen LogP contribution is 2.24. The first kappa shape index (κ1) is 8.90. The predicted octanol–water partition coefficient (Wildman–Crippen LogP) is 1.17. The summed E-state index contributed by atoms with van der Waals surface area (Å²) in [6.45, 7) is 1.77. The zero-order valence-corrected chi connectivity index (χ0v) is 7.20. The topological polar surface area (TPSA) is 44.8 Å². The molecule has 0 aromatic heterocycles. The summed E-state index contributed by atoms with van der Waals surface area (Å²) in [6.07, 6.45) is 3.73. The van der Waals surface area contributed by atoms with Crippen LogP contribution in [-0.4, -0.2) is 18.9 Å². The molecule has 0 saturated carbocycles. The molecule has 1 aliphatic heterocycles. The van der Waals surface area contributed by atoms with Crippen molar-refractivity contribution in [1.29, 1.82) is 0 Å². The van der Waals surface area contributed by atoms with Crippen molar-refractivity contribution < 1.29 is 19.0 Å². The Morgan fingerprint density at radius 1 is 1.50 bits per heavy atom. The summed E-state index contributed by atoms with van der Waals surface area (Å²) >= 11 is 0. The van der Waals surface area contributed by atoms with E-state index in [1.54, 1.807) is 6.92 Å². The van der Waals surface area contributed by atoms with E-state index in [9.17, 15) is 4.79 Å². The first-order valence-electron chi connectivity index (χ1n) is 3.74. The Morgan fingerprint density at radius 3 is 2.58 bits per heavy atom. The van der Waals surface area contributed by atoms with Crippen molar-refractivity contribution in [2.45, 2.75) is 25.6 Å². The molecule has 0 saturated heterocycles. The van der Waals surface area contributed by atoms with Crippen molar-refractivity contribution in [3.63, 3.8) is 0 Å². The van der Waals surface area contributed by atoms with Crippen LogP contribution in [0.25, 0.3) is 0 Å². The number of esters is 1. The van der Waals surface area contributed by atoms with Gasteiger partial charge in [-0.25, -0.2) is 0 Å². The van der Waals surface area contributed by atoms with Crippen LogP contribution in [0.4, 0.5) is 0 Å². The van der Waals surface area contributed by atoms with E-state index in [2.05, 4.69) is 4.74 Å². The molecule has 0 amide bonds. The fourth-order valence-corrected chi connectivity index (χ4v) is 0.920. The van der Waals surface area contributed by atoms with Crippen molar-refractivity contribution in [1.82, 2.24) is 0 Å². The molecule has 0 N–H and O–H groups in total. The maximum absolute atomic E-state index is 10.8. The Hall–Kier alpha value is -1.19. The number of carbonyl (C=O) groups excluding carboxylic acids is 1. The lowest BCUT2D eigenvalue weighted by Crippen LogP contribution is -2.26. The third kappa shape index (κ3) is 2.15. The molecule has 1 aliphatic rings. The second-order valence-corrected chi connectivity index (χ2v) is 2.72. The molecule has 1 heterocycles. The van der Waals surface area contributed by atoms with Gasteiger partial charge >= 0.3 is 5.97 Å². The standard InChI is InChI=1S/C8H12O4/c1-8(11-5-6-12-8)4-3-7(9)10-2/h5-6H,3-4H2,1-2H3. The Bertz CT molecular complexity index is 189. The molecular formula is C8H12O4. The molecule has 0 unspecified atom stereocenters. The fraction of sp³-hybridized carbons (Fsp3) is 0.625. The van der Waals surface area contributed by atoms with Gasteiger partial charge in [-0.15, -0.1) is 0 Å². The molecule has 0 bridgehead atoms. The number of hydrogen-bond donors (Lipinski definition) is 0. The molecular weight excluding hydrogens is 160 g/mol. The minimum absolute atomic E-state index is 0.254. The van der Waals surface area contributed by atoms with E-state index in [0.29, 0.717) is 12.8 Å². The lowest BCUT2D eigenvalue weighted by molar-refractivity contribution is -0.152. The summed E-state index contributed by atoms with van der Waals surface area (Å²) in [5.41, 5.74) is 0. The van der Waals surface area contributed by atoms with Gasteiger partial charge in [-0.1, -0.05) is 0 Å². The van der Waals surface area contributed by atoms with Gasteiger partial charge < -0.3 is 14.2 Å². The Kier molecular flexibility index (Phi) is 2.58. The van der Waals surface area contributed by atoms with Crippen molar-refractivity contribution in [2.24, 2.45) is 0 Å². The maximum Gasteiger partial charge on any atom is 0.305 e. The van der Waals surface area contributed by atoms with Gasteiger partial charge in [-0.3, -0.25) is 4.79 Å². The number of rotatable bonds is 3. The van der Waals surface area contributed by atoms with Gasteiger partial charge in [-0.05, 0) is 0 Å². The second kappa shape index (κ2) is 3.47. The van der Waals surface area contributed by atoms with Crippen LogP contribution in [0.3, 0.4) is 0 Å². The zero-order chi connectivity index (χ0) is 9.03. The van der Waals surface area contributed by atoms with Crippen LogP contribution in [0.15, 0.2) is 12.5 Å². The summed E-state index contributed by atoms with van der Waals surface area (Å²) in [6, 6.07) is 0. The molecule has 0 aromatic carbocycles. The van der Waals surface area contributed by atoms with Crippen LogP contribution >= 0.6 is 0 Å². The fourth-order valence-electron chi connectivity index (χ4n) is 0.920. The number of methoxy groups -OCH3 is 1. The van der Waals surface area contributed by atoms with Gasteiger partial charge in [0.15, 0.2) is 0 Å². The zero-order valence-electron chi connectivity index (χ0n) is 7.20. The van der Waals surface area contributed by atoms with Crippen molar-refractivity contribution in [3.8, 4) is 0 Å². The van der Waals surface area contributed by atoms with E-state index in [4.69, 9.17) is 9.47 Å². The quantitative estimate of drug-likeness (QED) is 0.599. The highest BCUT2D eigenvalue weighted by Gasteiger charge is 2.29. The van der Waals surface area contributed by atoms with Crippen LogP contribution in [0.2, 0.25) is 0 Å². The second-order valence-electron chi connectivity index (χ2n) is 2.72. The Labute approximate surface area is 71.1 Å². The minimum Gasteiger partial charge on any atom is -0.469 e. The van der Waals surface area contributed by atoms with E-state index >= 15 is 0 Å². The number of ether oxygens (including phenoxy) is 3. The number of hydrogen-bond acceptors (Lipinski definition) is 4. The van der Waals surface area contributed by atoms with Gasteiger partial charge in [0.05, 0.1) is 13.5 Å². The average Bonchev–Trinajstić information content (AvgIpc) is 2.49. The summed E-state index contributed by atoms with van der Waals surface area (Å²) in [4.78, 5) is 10.8. The van der Waals surface area contributed by atoms with E-state index in [1.165, 1.54) is 19.6 Å². The van der Waals surface area contributed by atoms with Crippen LogP contribution in [0, 0.1) is 0 Å². The molecule has 0 aromatic rings. The molecule has 12 heavy (non-hydrogen) atoms. The predicted molar refractivity (Wildman–Crippen MR) is 41.0 cm³/mol. The molecule has 1 rings (SSSR count). The summed E-state index contributed by atoms with van der Waals surface area (Å²) in [7, 11) is 1.36. The summed E-state index contributed by atoms with van der Waals surface area (Å²) in [5.74, 6) is -0.941. The molecule has 0 radical (unpaired) electrons. The monoisotopic (exact) mass is 172 g/mol. The number of carbonyl (C=O) groups is 1. The van der Waals surface area contributed by atoms with Gasteiger partial charge in [0.25, 0.3) is 0 Å². The third-order valence-corrected chi connectivity index (χ3v) is 1.70. The van der Waals surface area contributed by atoms with E-state index < -0.39 is 5.79 Å². The average molecular weight is 172 g/mol. The molecule has 0 fully saturated rings. The molecule has 68 valence electrons. The van der Waals surface area contributed by atoms with Gasteiger partial charge in [-0.2, -0.15) is 0 Å². The highest BCUT2D eigenvalue weighted by atomic mass is 16.7. The van der Waals surface area contributed by atoms with Gasteiger partial charge in [0, 0.05) is 13.3 Å². The maximum atomic E-state index is 10.8. The van der Waals surface area contributed by atoms with E-state index in [-0.39, 0.29) is 5.97 Å². The molecule has 0 atom stereocenters. The van der Waals surface area contributed by atoms with Gasteiger partial charge in [0.2, 0.25) is 5.79 Å². The minimum atomic E-state index is -0.686. The smallest absolute Gasteiger partial charge is 0.305 e. The summed E-state index contributed by atoms with van der Waals surface area (Å²) in [5, 5.41) is 0. The van der Waals surface area contributed by atoms with Crippen LogP contribution < -0.4 is 0 Å². The van der Waals surface area contributed by atoms with Crippen LogP contribution in [0.1, 0.15) is 19.8 Å². The normalized spacial score (nSPS) is 18.2. The largest absolute Gasteiger partial charge is 0.469 e. The first-order valence-corrected chi connectivity index (χ1v) is 3.74. The first-order chi connectivity index (χ1) is 5.66. The van der Waals surface area contributed by atoms with Crippen molar-refractivity contribution >= 4 is 5.97 Å². The van der Waals surface area contributed by atoms with E-state index in [1.807, 2.05) is 0 Å². The molecule has 4 heteroatoms. The highest BCUT2D eigenvalue weighted by molar-refractivity contribution is 5.69. The van der Waals surface area contributed by atoms with Crippen molar-refractivity contribution in [2.75, 3.05) is 7.11 Å². The summed E-state index contributed by atoms with van der Waals surface area (Å²) < 4.78 is 14.7. The molecule has 0 aliphatic carbocycles. The Morgan fingerprint density at radius 2 is 2.08 bits per heavy atom. The SMILES string of the molecule is COC(=O)CCC1(C)OC=CO1. The Balaban J connectivity index is 2.27. The van der Waals surface area contributed by atoms with E-state index in [0.717, 1.165) is 0 Å². The van der Waals surface area contributed by atoms with Gasteiger partial charge in [0.1, 0.15) is 12.5 Å². The van der Waals surface area contributed by atoms with Crippen LogP contribution in [-0.2, 0) is 19.0 Å².